The molecular formula is C21H28N4O3. The van der Waals surface area contributed by atoms with Crippen molar-refractivity contribution >= 4 is 17.8 Å². The van der Waals surface area contributed by atoms with Crippen LogP contribution in [0.5, 0.6) is 0 Å². The second-order valence-corrected chi connectivity index (χ2v) is 8.30. The van der Waals surface area contributed by atoms with Crippen molar-refractivity contribution in [3.05, 3.63) is 35.9 Å². The molecular weight excluding hydrogens is 356 g/mol. The van der Waals surface area contributed by atoms with Gasteiger partial charge in [0.2, 0.25) is 5.91 Å². The number of benzene rings is 1. The number of rotatable bonds is 3. The van der Waals surface area contributed by atoms with E-state index >= 15 is 0 Å². The van der Waals surface area contributed by atoms with Crippen molar-refractivity contribution in [3.63, 3.8) is 0 Å². The maximum atomic E-state index is 13.1. The zero-order valence-electron chi connectivity index (χ0n) is 16.3. The lowest BCUT2D eigenvalue weighted by Gasteiger charge is -2.35. The van der Waals surface area contributed by atoms with E-state index in [0.29, 0.717) is 25.9 Å². The fraction of sp³-hybridized carbons (Fsp3) is 0.571. The maximum Gasteiger partial charge on any atom is 0.327 e. The molecule has 1 saturated carbocycles. The highest BCUT2D eigenvalue weighted by Gasteiger charge is 2.56. The molecule has 1 aliphatic carbocycles. The lowest BCUT2D eigenvalue weighted by atomic mass is 9.81. The summed E-state index contributed by atoms with van der Waals surface area (Å²) in [5.74, 6) is -0.351. The van der Waals surface area contributed by atoms with Crippen LogP contribution in [0.2, 0.25) is 0 Å². The normalized spacial score (nSPS) is 27.1. The summed E-state index contributed by atoms with van der Waals surface area (Å²) in [6, 6.07) is 9.42. The fourth-order valence-electron chi connectivity index (χ4n) is 4.99. The number of nitrogens with two attached hydrogens (primary N) is 1. The van der Waals surface area contributed by atoms with Crippen LogP contribution in [-0.4, -0.2) is 70.8 Å². The average molecular weight is 384 g/mol. The number of likely N-dealkylation sites (tertiary alicyclic amines) is 1. The van der Waals surface area contributed by atoms with Gasteiger partial charge in [-0.05, 0) is 18.4 Å². The van der Waals surface area contributed by atoms with Gasteiger partial charge < -0.3 is 15.5 Å². The molecule has 0 radical (unpaired) electrons. The minimum atomic E-state index is -0.746. The minimum absolute atomic E-state index is 0.0718. The van der Waals surface area contributed by atoms with Gasteiger partial charge in [0.25, 0.3) is 5.91 Å². The van der Waals surface area contributed by atoms with Crippen LogP contribution >= 0.6 is 0 Å². The molecule has 1 aromatic rings. The number of urea groups is 1. The third kappa shape index (κ3) is 2.98. The van der Waals surface area contributed by atoms with Crippen molar-refractivity contribution in [2.45, 2.75) is 49.6 Å². The molecule has 28 heavy (non-hydrogen) atoms. The summed E-state index contributed by atoms with van der Waals surface area (Å²) in [6.45, 7) is 0.759. The molecule has 1 aromatic carbocycles. The van der Waals surface area contributed by atoms with E-state index in [1.54, 1.807) is 16.8 Å². The van der Waals surface area contributed by atoms with Crippen molar-refractivity contribution in [3.8, 4) is 0 Å². The number of hydrogen-bond donors (Lipinski definition) is 1. The molecule has 150 valence electrons. The summed E-state index contributed by atoms with van der Waals surface area (Å²) in [5, 5.41) is 0. The van der Waals surface area contributed by atoms with Gasteiger partial charge in [-0.1, -0.05) is 49.6 Å². The monoisotopic (exact) mass is 384 g/mol. The second kappa shape index (κ2) is 7.20. The average Bonchev–Trinajstić information content (AvgIpc) is 3.19. The summed E-state index contributed by atoms with van der Waals surface area (Å²) in [7, 11) is 1.69. The van der Waals surface area contributed by atoms with Crippen LogP contribution in [0.15, 0.2) is 30.3 Å². The number of likely N-dealkylation sites (N-methyl/N-ethyl adjacent to an activating group) is 1. The van der Waals surface area contributed by atoms with Crippen LogP contribution in [0.25, 0.3) is 0 Å². The van der Waals surface area contributed by atoms with Crippen LogP contribution in [0.4, 0.5) is 4.79 Å². The van der Waals surface area contributed by atoms with Crippen LogP contribution in [-0.2, 0) is 9.59 Å². The first-order valence-corrected chi connectivity index (χ1v) is 10.1. The molecule has 0 unspecified atom stereocenters. The summed E-state index contributed by atoms with van der Waals surface area (Å²) in [6.07, 6.45) is 4.32. The Balaban J connectivity index is 1.45. The first-order valence-electron chi connectivity index (χ1n) is 10.1. The van der Waals surface area contributed by atoms with E-state index < -0.39 is 5.54 Å². The van der Waals surface area contributed by atoms with E-state index in [1.807, 2.05) is 30.3 Å². The van der Waals surface area contributed by atoms with E-state index in [0.717, 1.165) is 29.7 Å². The zero-order valence-corrected chi connectivity index (χ0v) is 16.3. The van der Waals surface area contributed by atoms with Crippen molar-refractivity contribution in [1.29, 1.82) is 0 Å². The van der Waals surface area contributed by atoms with Gasteiger partial charge in [0.05, 0.1) is 0 Å². The smallest absolute Gasteiger partial charge is 0.327 e. The lowest BCUT2D eigenvalue weighted by Crippen LogP contribution is -2.49. The van der Waals surface area contributed by atoms with Gasteiger partial charge in [-0.25, -0.2) is 4.79 Å². The molecule has 2 heterocycles. The van der Waals surface area contributed by atoms with Gasteiger partial charge in [-0.2, -0.15) is 0 Å². The van der Waals surface area contributed by atoms with E-state index in [1.165, 1.54) is 0 Å². The summed E-state index contributed by atoms with van der Waals surface area (Å²) >= 11 is 0. The van der Waals surface area contributed by atoms with Crippen LogP contribution < -0.4 is 5.73 Å². The molecule has 3 fully saturated rings. The third-order valence-corrected chi connectivity index (χ3v) is 6.72. The molecule has 0 bridgehead atoms. The SMILES string of the molecule is CN1C(=O)N(CC(=O)N2C[C@@H](N)[C@H](c3ccccc3)C2)C(=O)C12CCCCC2. The second-order valence-electron chi connectivity index (χ2n) is 8.30. The number of carbonyl (C=O) groups excluding carboxylic acids is 3. The molecule has 3 aliphatic rings. The quantitative estimate of drug-likeness (QED) is 0.801. The van der Waals surface area contributed by atoms with Crippen LogP contribution in [0.3, 0.4) is 0 Å². The van der Waals surface area contributed by atoms with Gasteiger partial charge in [-0.15, -0.1) is 0 Å². The van der Waals surface area contributed by atoms with E-state index in [2.05, 4.69) is 0 Å². The van der Waals surface area contributed by atoms with Gasteiger partial charge in [0.15, 0.2) is 0 Å². The predicted octanol–water partition coefficient (Wildman–Crippen LogP) is 1.54. The van der Waals surface area contributed by atoms with E-state index in [4.69, 9.17) is 5.73 Å². The Kier molecular flexibility index (Phi) is 4.87. The highest BCUT2D eigenvalue weighted by molar-refractivity contribution is 6.09. The Hall–Kier alpha value is -2.41. The first kappa shape index (κ1) is 18.9. The largest absolute Gasteiger partial charge is 0.339 e. The molecule has 1 spiro atoms. The Labute approximate surface area is 165 Å². The van der Waals surface area contributed by atoms with E-state index in [-0.39, 0.29) is 36.3 Å². The number of amides is 4. The fourth-order valence-corrected chi connectivity index (χ4v) is 4.99. The molecule has 2 aliphatic heterocycles. The highest BCUT2D eigenvalue weighted by Crippen LogP contribution is 2.39. The number of hydrogen-bond acceptors (Lipinski definition) is 4. The van der Waals surface area contributed by atoms with Crippen LogP contribution in [0.1, 0.15) is 43.6 Å². The summed E-state index contributed by atoms with van der Waals surface area (Å²) in [4.78, 5) is 43.1. The summed E-state index contributed by atoms with van der Waals surface area (Å²) < 4.78 is 0. The first-order chi connectivity index (χ1) is 13.4. The zero-order chi connectivity index (χ0) is 19.9. The van der Waals surface area contributed by atoms with Crippen molar-refractivity contribution in [2.75, 3.05) is 26.7 Å². The standard InChI is InChI=1S/C21H28N4O3/c1-23-20(28)25(19(27)21(23)10-6-3-7-11-21)14-18(26)24-12-16(17(22)13-24)15-8-4-2-5-9-15/h2,4-5,8-9,16-17H,3,6-7,10-14,22H2,1H3/t16-,17+/m0/s1. The minimum Gasteiger partial charge on any atom is -0.339 e. The number of imide groups is 1. The molecule has 0 aromatic heterocycles. The molecule has 2 atom stereocenters. The molecule has 2 saturated heterocycles. The van der Waals surface area contributed by atoms with Crippen LogP contribution in [0, 0.1) is 0 Å². The van der Waals surface area contributed by atoms with Gasteiger partial charge in [0.1, 0.15) is 12.1 Å². The number of carbonyl (C=O) groups is 3. The van der Waals surface area contributed by atoms with E-state index in [9.17, 15) is 14.4 Å². The van der Waals surface area contributed by atoms with Gasteiger partial charge >= 0.3 is 6.03 Å². The predicted molar refractivity (Wildman–Crippen MR) is 104 cm³/mol. The Bertz CT molecular complexity index is 775. The number of nitrogens with zero attached hydrogens (tertiary/aromatic N) is 3. The molecule has 4 rings (SSSR count). The Morgan fingerprint density at radius 1 is 1.11 bits per heavy atom. The Morgan fingerprint density at radius 3 is 2.46 bits per heavy atom. The van der Waals surface area contributed by atoms with Crippen molar-refractivity contribution in [2.24, 2.45) is 5.73 Å². The Morgan fingerprint density at radius 2 is 1.79 bits per heavy atom. The van der Waals surface area contributed by atoms with Gasteiger partial charge in [0, 0.05) is 32.1 Å². The molecule has 2 N–H and O–H groups in total. The van der Waals surface area contributed by atoms with Crippen molar-refractivity contribution < 1.29 is 14.4 Å². The molecule has 4 amide bonds. The van der Waals surface area contributed by atoms with Gasteiger partial charge in [-0.3, -0.25) is 14.5 Å². The molecule has 7 heteroatoms. The molecule has 7 nitrogen and oxygen atoms in total. The third-order valence-electron chi connectivity index (χ3n) is 6.72. The van der Waals surface area contributed by atoms with Crippen molar-refractivity contribution in [1.82, 2.24) is 14.7 Å². The summed E-state index contributed by atoms with van der Waals surface area (Å²) in [5.41, 5.74) is 6.65. The topological polar surface area (TPSA) is 87.0 Å². The maximum absolute atomic E-state index is 13.1. The lowest BCUT2D eigenvalue weighted by molar-refractivity contribution is -0.140. The highest BCUT2D eigenvalue weighted by atomic mass is 16.2.